The van der Waals surface area contributed by atoms with Gasteiger partial charge in [0, 0.05) is 11.6 Å². The maximum Gasteiger partial charge on any atom is 0.258 e. The molecule has 0 unspecified atom stereocenters. The predicted molar refractivity (Wildman–Crippen MR) is 64.0 cm³/mol. The van der Waals surface area contributed by atoms with Crippen LogP contribution in [0.15, 0.2) is 22.7 Å². The summed E-state index contributed by atoms with van der Waals surface area (Å²) >= 11 is 0. The van der Waals surface area contributed by atoms with Gasteiger partial charge in [-0.05, 0) is 25.0 Å². The van der Waals surface area contributed by atoms with E-state index in [-0.39, 0.29) is 11.5 Å². The second kappa shape index (κ2) is 4.38. The zero-order chi connectivity index (χ0) is 13.5. The lowest BCUT2D eigenvalue weighted by atomic mass is 9.99. The van der Waals surface area contributed by atoms with Crippen LogP contribution >= 0.6 is 0 Å². The molecule has 0 bridgehead atoms. The van der Waals surface area contributed by atoms with Gasteiger partial charge in [-0.15, -0.1) is 0 Å². The van der Waals surface area contributed by atoms with E-state index in [2.05, 4.69) is 10.1 Å². The minimum atomic E-state index is -0.682. The smallest absolute Gasteiger partial charge is 0.258 e. The molecule has 6 heteroatoms. The van der Waals surface area contributed by atoms with Gasteiger partial charge >= 0.3 is 0 Å². The second-order valence-electron chi connectivity index (χ2n) is 4.94. The Bertz CT molecular complexity index is 585. The van der Waals surface area contributed by atoms with Gasteiger partial charge in [0.25, 0.3) is 5.89 Å². The summed E-state index contributed by atoms with van der Waals surface area (Å²) in [5, 5.41) is 3.85. The van der Waals surface area contributed by atoms with Crippen LogP contribution in [0.4, 0.5) is 8.78 Å². The van der Waals surface area contributed by atoms with Crippen molar-refractivity contribution in [2.75, 3.05) is 0 Å². The topological polar surface area (TPSA) is 64.9 Å². The third kappa shape index (κ3) is 2.23. The van der Waals surface area contributed by atoms with Crippen molar-refractivity contribution in [1.29, 1.82) is 0 Å². The Morgan fingerprint density at radius 3 is 2.37 bits per heavy atom. The number of rotatable bonds is 2. The van der Waals surface area contributed by atoms with E-state index in [1.807, 2.05) is 0 Å². The minimum Gasteiger partial charge on any atom is -0.334 e. The molecule has 1 aliphatic rings. The van der Waals surface area contributed by atoms with Crippen molar-refractivity contribution in [3.05, 3.63) is 35.7 Å². The normalized spacial score (nSPS) is 17.8. The highest BCUT2D eigenvalue weighted by molar-refractivity contribution is 5.53. The molecular formula is C13H13F2N3O. The molecule has 0 amide bonds. The third-order valence-corrected chi connectivity index (χ3v) is 3.48. The number of aromatic nitrogens is 2. The average molecular weight is 265 g/mol. The molecule has 100 valence electrons. The van der Waals surface area contributed by atoms with Crippen LogP contribution in [0.5, 0.6) is 0 Å². The Morgan fingerprint density at radius 1 is 1.11 bits per heavy atom. The van der Waals surface area contributed by atoms with Crippen LogP contribution in [-0.2, 0) is 5.54 Å². The summed E-state index contributed by atoms with van der Waals surface area (Å²) in [7, 11) is 0. The summed E-state index contributed by atoms with van der Waals surface area (Å²) in [6, 6.07) is 3.10. The fourth-order valence-electron chi connectivity index (χ4n) is 2.45. The highest BCUT2D eigenvalue weighted by Crippen LogP contribution is 2.35. The molecule has 1 aromatic heterocycles. The van der Waals surface area contributed by atoms with Crippen molar-refractivity contribution in [1.82, 2.24) is 10.1 Å². The minimum absolute atomic E-state index is 0.0881. The van der Waals surface area contributed by atoms with Crippen LogP contribution in [0.25, 0.3) is 11.5 Å². The first-order valence-electron chi connectivity index (χ1n) is 6.16. The summed E-state index contributed by atoms with van der Waals surface area (Å²) in [4.78, 5) is 4.18. The Kier molecular flexibility index (Phi) is 2.82. The van der Waals surface area contributed by atoms with E-state index < -0.39 is 17.2 Å². The van der Waals surface area contributed by atoms with Crippen molar-refractivity contribution in [3.8, 4) is 11.5 Å². The fourth-order valence-corrected chi connectivity index (χ4v) is 2.45. The molecule has 1 saturated carbocycles. The van der Waals surface area contributed by atoms with Crippen LogP contribution in [0.1, 0.15) is 31.5 Å². The van der Waals surface area contributed by atoms with Crippen LogP contribution in [-0.4, -0.2) is 10.1 Å². The first-order chi connectivity index (χ1) is 9.07. The molecule has 1 fully saturated rings. The third-order valence-electron chi connectivity index (χ3n) is 3.48. The zero-order valence-electron chi connectivity index (χ0n) is 10.2. The summed E-state index contributed by atoms with van der Waals surface area (Å²) in [6.45, 7) is 0. The lowest BCUT2D eigenvalue weighted by molar-refractivity contribution is 0.372. The van der Waals surface area contributed by atoms with Gasteiger partial charge in [0.1, 0.15) is 11.6 Å². The molecule has 4 nitrogen and oxygen atoms in total. The van der Waals surface area contributed by atoms with Gasteiger partial charge in [0.05, 0.1) is 5.54 Å². The second-order valence-corrected chi connectivity index (χ2v) is 4.94. The van der Waals surface area contributed by atoms with Gasteiger partial charge in [-0.25, -0.2) is 8.78 Å². The van der Waals surface area contributed by atoms with Crippen LogP contribution < -0.4 is 5.73 Å². The molecule has 0 saturated heterocycles. The standard InChI is InChI=1S/C13H13F2N3O/c14-9-5-8(6-10(15)7-9)11-17-12(18-19-11)13(16)3-1-2-4-13/h5-7H,1-4,16H2. The number of hydrogen-bond acceptors (Lipinski definition) is 4. The van der Waals surface area contributed by atoms with E-state index in [1.54, 1.807) is 0 Å². The number of benzene rings is 1. The van der Waals surface area contributed by atoms with Gasteiger partial charge in [0.2, 0.25) is 0 Å². The molecule has 2 aromatic rings. The largest absolute Gasteiger partial charge is 0.334 e. The van der Waals surface area contributed by atoms with E-state index in [4.69, 9.17) is 10.3 Å². The van der Waals surface area contributed by atoms with Crippen molar-refractivity contribution in [2.24, 2.45) is 5.73 Å². The Balaban J connectivity index is 1.96. The molecule has 0 aliphatic heterocycles. The first-order valence-corrected chi connectivity index (χ1v) is 6.16. The van der Waals surface area contributed by atoms with Crippen molar-refractivity contribution in [2.45, 2.75) is 31.2 Å². The molecular weight excluding hydrogens is 252 g/mol. The molecule has 1 heterocycles. The molecule has 3 rings (SSSR count). The molecule has 2 N–H and O–H groups in total. The van der Waals surface area contributed by atoms with E-state index >= 15 is 0 Å². The van der Waals surface area contributed by atoms with Gasteiger partial charge in [-0.3, -0.25) is 0 Å². The fraction of sp³-hybridized carbons (Fsp3) is 0.385. The van der Waals surface area contributed by atoms with Crippen LogP contribution in [0, 0.1) is 11.6 Å². The van der Waals surface area contributed by atoms with Gasteiger partial charge in [-0.1, -0.05) is 18.0 Å². The average Bonchev–Trinajstić information content (AvgIpc) is 2.96. The summed E-state index contributed by atoms with van der Waals surface area (Å²) in [6.07, 6.45) is 3.64. The van der Waals surface area contributed by atoms with E-state index in [1.165, 1.54) is 0 Å². The lowest BCUT2D eigenvalue weighted by Crippen LogP contribution is -2.34. The Labute approximate surface area is 108 Å². The van der Waals surface area contributed by atoms with Crippen molar-refractivity contribution in [3.63, 3.8) is 0 Å². The highest BCUT2D eigenvalue weighted by atomic mass is 19.1. The van der Waals surface area contributed by atoms with Crippen molar-refractivity contribution < 1.29 is 13.3 Å². The summed E-state index contributed by atoms with van der Waals surface area (Å²) in [5.41, 5.74) is 5.84. The number of nitrogens with zero attached hydrogens (tertiary/aromatic N) is 2. The Hall–Kier alpha value is -1.82. The lowest BCUT2D eigenvalue weighted by Gasteiger charge is -2.17. The molecule has 19 heavy (non-hydrogen) atoms. The van der Waals surface area contributed by atoms with Crippen LogP contribution in [0.3, 0.4) is 0 Å². The quantitative estimate of drug-likeness (QED) is 0.906. The number of halogens is 2. The Morgan fingerprint density at radius 2 is 1.74 bits per heavy atom. The zero-order valence-corrected chi connectivity index (χ0v) is 10.2. The monoisotopic (exact) mass is 265 g/mol. The molecule has 1 aromatic carbocycles. The SMILES string of the molecule is NC1(c2noc(-c3cc(F)cc(F)c3)n2)CCCC1. The molecule has 0 spiro atoms. The first kappa shape index (κ1) is 12.2. The number of hydrogen-bond donors (Lipinski definition) is 1. The van der Waals surface area contributed by atoms with Gasteiger partial charge < -0.3 is 10.3 Å². The van der Waals surface area contributed by atoms with E-state index in [0.29, 0.717) is 5.82 Å². The van der Waals surface area contributed by atoms with Crippen molar-refractivity contribution >= 4 is 0 Å². The predicted octanol–water partition coefficient (Wildman–Crippen LogP) is 2.74. The summed E-state index contributed by atoms with van der Waals surface area (Å²) < 4.78 is 31.3. The van der Waals surface area contributed by atoms with Gasteiger partial charge in [-0.2, -0.15) is 4.98 Å². The van der Waals surface area contributed by atoms with Gasteiger partial charge in [0.15, 0.2) is 5.82 Å². The summed E-state index contributed by atoms with van der Waals surface area (Å²) in [5.74, 6) is -0.869. The molecule has 1 aliphatic carbocycles. The molecule has 0 atom stereocenters. The molecule has 0 radical (unpaired) electrons. The number of nitrogens with two attached hydrogens (primary N) is 1. The van der Waals surface area contributed by atoms with Crippen LogP contribution in [0.2, 0.25) is 0 Å². The maximum atomic E-state index is 13.1. The highest BCUT2D eigenvalue weighted by Gasteiger charge is 2.36. The maximum absolute atomic E-state index is 13.1. The van der Waals surface area contributed by atoms with E-state index in [9.17, 15) is 8.78 Å². The van der Waals surface area contributed by atoms with E-state index in [0.717, 1.165) is 43.9 Å².